The molecule has 0 spiro atoms. The van der Waals surface area contributed by atoms with Crippen molar-refractivity contribution in [3.8, 4) is 0 Å². The number of halogens is 3. The first-order valence-corrected chi connectivity index (χ1v) is 13.5. The number of carbonyl (C=O) groups excluding carboxylic acids is 1. The number of nitrogens with zero attached hydrogens (tertiary/aromatic N) is 4. The number of nitrogens with one attached hydrogen (secondary N) is 1. The van der Waals surface area contributed by atoms with Gasteiger partial charge in [-0.15, -0.1) is 10.2 Å². The van der Waals surface area contributed by atoms with Gasteiger partial charge < -0.3 is 19.5 Å². The summed E-state index contributed by atoms with van der Waals surface area (Å²) < 4.78 is 50.0. The van der Waals surface area contributed by atoms with Crippen LogP contribution in [0.25, 0.3) is 0 Å². The van der Waals surface area contributed by atoms with E-state index in [0.717, 1.165) is 37.1 Å². The summed E-state index contributed by atoms with van der Waals surface area (Å²) in [5.41, 5.74) is 0.970. The molecule has 2 heterocycles. The number of alkyl halides is 3. The van der Waals surface area contributed by atoms with Crippen LogP contribution in [0, 0.1) is 0 Å². The molecule has 2 aliphatic carbocycles. The van der Waals surface area contributed by atoms with Gasteiger partial charge >= 0.3 is 6.18 Å². The minimum atomic E-state index is -4.55. The Morgan fingerprint density at radius 3 is 2.59 bits per heavy atom. The van der Waals surface area contributed by atoms with Crippen LogP contribution in [-0.4, -0.2) is 39.9 Å². The van der Waals surface area contributed by atoms with E-state index in [1.54, 1.807) is 25.6 Å². The maximum absolute atomic E-state index is 14.2. The maximum atomic E-state index is 14.2. The fourth-order valence-corrected chi connectivity index (χ4v) is 6.54. The molecule has 3 aromatic rings. The minimum Gasteiger partial charge on any atom is -0.381 e. The van der Waals surface area contributed by atoms with Gasteiger partial charge in [-0.25, -0.2) is 0 Å². The van der Waals surface area contributed by atoms with E-state index in [1.165, 1.54) is 11.0 Å². The number of ether oxygens (including phenoxy) is 1. The summed E-state index contributed by atoms with van der Waals surface area (Å²) >= 11 is 0. The lowest BCUT2D eigenvalue weighted by Gasteiger charge is -2.46. The van der Waals surface area contributed by atoms with Crippen LogP contribution in [0.2, 0.25) is 0 Å². The average molecular weight is 540 g/mol. The normalized spacial score (nSPS) is 23.4. The highest BCUT2D eigenvalue weighted by molar-refractivity contribution is 6.10. The molecule has 7 nitrogen and oxygen atoms in total. The summed E-state index contributed by atoms with van der Waals surface area (Å²) in [5, 5.41) is 11.8. The molecule has 2 fully saturated rings. The van der Waals surface area contributed by atoms with E-state index in [4.69, 9.17) is 4.74 Å². The second-order valence-electron chi connectivity index (χ2n) is 11.1. The maximum Gasteiger partial charge on any atom is 0.416 e. The summed E-state index contributed by atoms with van der Waals surface area (Å²) in [6.07, 6.45) is 2.88. The van der Waals surface area contributed by atoms with E-state index in [-0.39, 0.29) is 23.8 Å². The Labute approximate surface area is 225 Å². The molecule has 1 aliphatic heterocycles. The van der Waals surface area contributed by atoms with Gasteiger partial charge in [0.2, 0.25) is 0 Å². The monoisotopic (exact) mass is 539 g/mol. The molecule has 0 saturated heterocycles. The van der Waals surface area contributed by atoms with Crippen molar-refractivity contribution in [1.29, 1.82) is 0 Å². The van der Waals surface area contributed by atoms with E-state index in [2.05, 4.69) is 15.5 Å². The number of benzene rings is 2. The van der Waals surface area contributed by atoms with Crippen LogP contribution in [0.5, 0.6) is 0 Å². The summed E-state index contributed by atoms with van der Waals surface area (Å²) in [5.74, 6) is 0.384. The topological polar surface area (TPSA) is 72.3 Å². The molecule has 1 aromatic heterocycles. The van der Waals surface area contributed by atoms with Gasteiger partial charge in [-0.05, 0) is 66.6 Å². The standard InChI is InChI=1S/C29H32F3N5O2/c1-36-17-34-35-27(36)28(13-22(14-28)39-2)19-6-5-9-21(12-19)37-16-24-23(26(37)38)10-18(11-25(24)29(30,31)32)15-33-20-7-3-4-8-20/h5-6,9-12,17,20,22,33H,3-4,7-8,13-16H2,1-2H3. The molecule has 39 heavy (non-hydrogen) atoms. The van der Waals surface area contributed by atoms with Gasteiger partial charge in [0.25, 0.3) is 5.91 Å². The van der Waals surface area contributed by atoms with Gasteiger partial charge in [-0.3, -0.25) is 4.79 Å². The molecule has 206 valence electrons. The molecule has 3 aliphatic rings. The van der Waals surface area contributed by atoms with E-state index in [0.29, 0.717) is 36.7 Å². The zero-order valence-corrected chi connectivity index (χ0v) is 22.1. The highest BCUT2D eigenvalue weighted by Crippen LogP contribution is 2.50. The Bertz CT molecular complexity index is 1390. The number of hydrogen-bond donors (Lipinski definition) is 1. The van der Waals surface area contributed by atoms with Gasteiger partial charge in [-0.2, -0.15) is 13.2 Å². The van der Waals surface area contributed by atoms with Crippen LogP contribution < -0.4 is 10.2 Å². The molecule has 0 atom stereocenters. The molecular weight excluding hydrogens is 507 g/mol. The number of aryl methyl sites for hydroxylation is 1. The van der Waals surface area contributed by atoms with Crippen molar-refractivity contribution < 1.29 is 22.7 Å². The fraction of sp³-hybridized carbons (Fsp3) is 0.483. The number of carbonyl (C=O) groups is 1. The third-order valence-corrected chi connectivity index (χ3v) is 8.69. The van der Waals surface area contributed by atoms with Crippen LogP contribution in [0.1, 0.15) is 77.0 Å². The van der Waals surface area contributed by atoms with Crippen molar-refractivity contribution in [2.75, 3.05) is 12.0 Å². The predicted molar refractivity (Wildman–Crippen MR) is 139 cm³/mol. The quantitative estimate of drug-likeness (QED) is 0.451. The SMILES string of the molecule is COC1CC(c2cccc(N3Cc4c(cc(CNC5CCCC5)cc4C(F)(F)F)C3=O)c2)(c2nncn2C)C1. The molecule has 1 amide bonds. The highest BCUT2D eigenvalue weighted by atomic mass is 19.4. The van der Waals surface area contributed by atoms with E-state index < -0.39 is 23.1 Å². The Kier molecular flexibility index (Phi) is 6.50. The van der Waals surface area contributed by atoms with Gasteiger partial charge in [0, 0.05) is 38.0 Å². The second kappa shape index (κ2) is 9.75. The highest BCUT2D eigenvalue weighted by Gasteiger charge is 2.50. The zero-order valence-electron chi connectivity index (χ0n) is 22.1. The van der Waals surface area contributed by atoms with Crippen LogP contribution >= 0.6 is 0 Å². The van der Waals surface area contributed by atoms with Crippen LogP contribution in [0.3, 0.4) is 0 Å². The van der Waals surface area contributed by atoms with Crippen LogP contribution in [-0.2, 0) is 36.5 Å². The van der Waals surface area contributed by atoms with Crippen molar-refractivity contribution >= 4 is 11.6 Å². The van der Waals surface area contributed by atoms with E-state index in [9.17, 15) is 18.0 Å². The molecule has 0 unspecified atom stereocenters. The summed E-state index contributed by atoms with van der Waals surface area (Å²) in [6, 6.07) is 10.7. The molecule has 10 heteroatoms. The molecular formula is C29H32F3N5O2. The largest absolute Gasteiger partial charge is 0.416 e. The van der Waals surface area contributed by atoms with Gasteiger partial charge in [0.05, 0.1) is 23.6 Å². The lowest BCUT2D eigenvalue weighted by molar-refractivity contribution is -0.138. The number of anilines is 1. The first kappa shape index (κ1) is 26.0. The fourth-order valence-electron chi connectivity index (χ4n) is 6.54. The lowest BCUT2D eigenvalue weighted by Crippen LogP contribution is -2.48. The zero-order chi connectivity index (χ0) is 27.4. The number of aromatic nitrogens is 3. The smallest absolute Gasteiger partial charge is 0.381 e. The van der Waals surface area contributed by atoms with Gasteiger partial charge in [0.15, 0.2) is 0 Å². The first-order chi connectivity index (χ1) is 18.7. The molecule has 0 bridgehead atoms. The summed E-state index contributed by atoms with van der Waals surface area (Å²) in [7, 11) is 3.57. The van der Waals surface area contributed by atoms with Crippen molar-refractivity contribution in [3.05, 3.63) is 76.4 Å². The number of fused-ring (bicyclic) bond motifs is 1. The Morgan fingerprint density at radius 2 is 1.92 bits per heavy atom. The third-order valence-electron chi connectivity index (χ3n) is 8.69. The Hall–Kier alpha value is -3.24. The van der Waals surface area contributed by atoms with Crippen molar-refractivity contribution in [3.63, 3.8) is 0 Å². The van der Waals surface area contributed by atoms with Crippen molar-refractivity contribution in [1.82, 2.24) is 20.1 Å². The molecule has 6 rings (SSSR count). The molecule has 2 saturated carbocycles. The van der Waals surface area contributed by atoms with Gasteiger partial charge in [-0.1, -0.05) is 25.0 Å². The minimum absolute atomic E-state index is 0.0358. The number of hydrogen-bond acceptors (Lipinski definition) is 5. The van der Waals surface area contributed by atoms with E-state index in [1.807, 2.05) is 29.8 Å². The predicted octanol–water partition coefficient (Wildman–Crippen LogP) is 5.12. The van der Waals surface area contributed by atoms with Crippen molar-refractivity contribution in [2.45, 2.75) is 75.4 Å². The summed E-state index contributed by atoms with van der Waals surface area (Å²) in [4.78, 5) is 15.1. The molecule has 1 N–H and O–H groups in total. The van der Waals surface area contributed by atoms with Crippen molar-refractivity contribution in [2.24, 2.45) is 7.05 Å². The Morgan fingerprint density at radius 1 is 1.15 bits per heavy atom. The first-order valence-electron chi connectivity index (χ1n) is 13.5. The molecule has 2 aromatic carbocycles. The number of methoxy groups -OCH3 is 1. The number of rotatable bonds is 7. The van der Waals surface area contributed by atoms with Crippen LogP contribution in [0.15, 0.2) is 42.7 Å². The van der Waals surface area contributed by atoms with Gasteiger partial charge in [0.1, 0.15) is 12.2 Å². The second-order valence-corrected chi connectivity index (χ2v) is 11.1. The lowest BCUT2D eigenvalue weighted by atomic mass is 9.62. The Balaban J connectivity index is 1.33. The average Bonchev–Trinajstić information content (AvgIpc) is 3.63. The number of amides is 1. The summed E-state index contributed by atoms with van der Waals surface area (Å²) in [6.45, 7) is 0.186. The van der Waals surface area contributed by atoms with Crippen LogP contribution in [0.4, 0.5) is 18.9 Å². The van der Waals surface area contributed by atoms with E-state index >= 15 is 0 Å². The third kappa shape index (κ3) is 4.53. The molecule has 0 radical (unpaired) electrons.